The van der Waals surface area contributed by atoms with E-state index < -0.39 is 0 Å². The van der Waals surface area contributed by atoms with Crippen LogP contribution < -0.4 is 0 Å². The number of ether oxygens (including phenoxy) is 1. The van der Waals surface area contributed by atoms with Gasteiger partial charge in [0.15, 0.2) is 0 Å². The SMILES string of the molecule is COC1[C@H]2CC3C[C@@H]1[C@H]1CC[C@@H]2[N+]31C. The molecule has 0 spiro atoms. The number of hydrogen-bond acceptors (Lipinski definition) is 1. The third kappa shape index (κ3) is 0.594. The second-order valence-electron chi connectivity index (χ2n) is 6.09. The molecule has 7 atom stereocenters. The number of methoxy groups -OCH3 is 1. The van der Waals surface area contributed by atoms with E-state index in [0.29, 0.717) is 6.10 Å². The summed E-state index contributed by atoms with van der Waals surface area (Å²) in [7, 11) is 4.48. The van der Waals surface area contributed by atoms with Crippen LogP contribution in [-0.4, -0.2) is 42.9 Å². The molecule has 5 rings (SSSR count). The summed E-state index contributed by atoms with van der Waals surface area (Å²) in [5, 5.41) is 0. The Kier molecular flexibility index (Phi) is 1.27. The molecule has 0 N–H and O–H groups in total. The van der Waals surface area contributed by atoms with Gasteiger partial charge in [-0.25, -0.2) is 0 Å². The van der Waals surface area contributed by atoms with Gasteiger partial charge in [-0.2, -0.15) is 0 Å². The Bertz CT molecular complexity index is 268. The molecule has 5 aliphatic rings. The maximum atomic E-state index is 5.79. The Labute approximate surface area is 85.8 Å². The summed E-state index contributed by atoms with van der Waals surface area (Å²) in [6, 6.07) is 2.94. The van der Waals surface area contributed by atoms with Crippen LogP contribution in [0.15, 0.2) is 0 Å². The summed E-state index contributed by atoms with van der Waals surface area (Å²) >= 11 is 0. The zero-order valence-corrected chi connectivity index (χ0v) is 9.15. The van der Waals surface area contributed by atoms with E-state index in [1.807, 2.05) is 7.11 Å². The quantitative estimate of drug-likeness (QED) is 0.573. The molecule has 1 aliphatic carbocycles. The maximum Gasteiger partial charge on any atom is 0.0950 e. The predicted octanol–water partition coefficient (Wildman–Crippen LogP) is 1.40. The van der Waals surface area contributed by atoms with Crippen molar-refractivity contribution in [2.75, 3.05) is 14.2 Å². The molecule has 0 aromatic carbocycles. The van der Waals surface area contributed by atoms with Crippen molar-refractivity contribution in [3.8, 4) is 0 Å². The van der Waals surface area contributed by atoms with Crippen molar-refractivity contribution in [1.82, 2.24) is 0 Å². The van der Waals surface area contributed by atoms with Crippen LogP contribution in [0.1, 0.15) is 25.7 Å². The van der Waals surface area contributed by atoms with Crippen molar-refractivity contribution < 1.29 is 9.22 Å². The smallest absolute Gasteiger partial charge is 0.0950 e. The number of rotatable bonds is 1. The van der Waals surface area contributed by atoms with Crippen LogP contribution in [0, 0.1) is 11.8 Å². The number of piperidine rings is 1. The average molecular weight is 194 g/mol. The normalized spacial score (nSPS) is 68.1. The Morgan fingerprint density at radius 2 is 1.64 bits per heavy atom. The van der Waals surface area contributed by atoms with Crippen LogP contribution in [0.2, 0.25) is 0 Å². The molecule has 1 saturated carbocycles. The summed E-state index contributed by atoms with van der Waals surface area (Å²) in [6.07, 6.45) is 6.52. The van der Waals surface area contributed by atoms with Gasteiger partial charge in [0, 0.05) is 44.6 Å². The van der Waals surface area contributed by atoms with E-state index in [2.05, 4.69) is 7.05 Å². The number of hydrogen-bond donors (Lipinski definition) is 0. The first-order valence-electron chi connectivity index (χ1n) is 6.15. The molecular weight excluding hydrogens is 174 g/mol. The first-order chi connectivity index (χ1) is 6.76. The molecule has 0 aromatic rings. The molecule has 3 unspecified atom stereocenters. The van der Waals surface area contributed by atoms with Gasteiger partial charge in [0.25, 0.3) is 0 Å². The molecular formula is C12H20NO+. The van der Waals surface area contributed by atoms with Crippen LogP contribution in [0.4, 0.5) is 0 Å². The van der Waals surface area contributed by atoms with Crippen LogP contribution in [0.25, 0.3) is 0 Å². The maximum absolute atomic E-state index is 5.79. The fraction of sp³-hybridized carbons (Fsp3) is 1.00. The first-order valence-corrected chi connectivity index (χ1v) is 6.15. The van der Waals surface area contributed by atoms with Gasteiger partial charge < -0.3 is 9.22 Å². The van der Waals surface area contributed by atoms with Crippen molar-refractivity contribution in [1.29, 1.82) is 0 Å². The zero-order chi connectivity index (χ0) is 9.50. The van der Waals surface area contributed by atoms with Gasteiger partial charge in [0.05, 0.1) is 31.3 Å². The molecule has 4 aliphatic heterocycles. The van der Waals surface area contributed by atoms with Crippen LogP contribution in [-0.2, 0) is 4.74 Å². The number of nitrogens with zero attached hydrogens (tertiary/aromatic N) is 1. The largest absolute Gasteiger partial charge is 0.380 e. The second kappa shape index (κ2) is 2.19. The van der Waals surface area contributed by atoms with Crippen LogP contribution >= 0.6 is 0 Å². The van der Waals surface area contributed by atoms with Gasteiger partial charge in [0.1, 0.15) is 0 Å². The van der Waals surface area contributed by atoms with E-state index in [4.69, 9.17) is 4.74 Å². The minimum Gasteiger partial charge on any atom is -0.380 e. The minimum atomic E-state index is 0.623. The second-order valence-corrected chi connectivity index (χ2v) is 6.09. The molecule has 0 aromatic heterocycles. The Balaban J connectivity index is 1.86. The van der Waals surface area contributed by atoms with Gasteiger partial charge >= 0.3 is 0 Å². The fourth-order valence-corrected chi connectivity index (χ4v) is 5.80. The lowest BCUT2D eigenvalue weighted by Crippen LogP contribution is -2.57. The van der Waals surface area contributed by atoms with E-state index in [-0.39, 0.29) is 0 Å². The lowest BCUT2D eigenvalue weighted by atomic mass is 9.76. The third-order valence-corrected chi connectivity index (χ3v) is 6.17. The molecule has 14 heavy (non-hydrogen) atoms. The monoisotopic (exact) mass is 194 g/mol. The molecule has 4 heterocycles. The van der Waals surface area contributed by atoms with Crippen molar-refractivity contribution in [3.63, 3.8) is 0 Å². The third-order valence-electron chi connectivity index (χ3n) is 6.17. The molecule has 78 valence electrons. The zero-order valence-electron chi connectivity index (χ0n) is 9.15. The fourth-order valence-electron chi connectivity index (χ4n) is 5.80. The van der Waals surface area contributed by atoms with Crippen molar-refractivity contribution in [2.45, 2.75) is 49.9 Å². The average Bonchev–Trinajstić information content (AvgIpc) is 2.67. The lowest BCUT2D eigenvalue weighted by molar-refractivity contribution is -0.947. The van der Waals surface area contributed by atoms with Crippen LogP contribution in [0.3, 0.4) is 0 Å². The standard InChI is InChI=1S/C12H20NO/c1-13-7-5-8-10(13)3-4-11(13)9(6-7)12(8)14-2/h7-12H,3-6H2,1-2H3/q+1/t7?,8-,9+,10-,11+,12?,13?. The van der Waals surface area contributed by atoms with E-state index in [0.717, 1.165) is 30.0 Å². The Hall–Kier alpha value is -0.0800. The minimum absolute atomic E-state index is 0.623. The molecule has 0 radical (unpaired) electrons. The van der Waals surface area contributed by atoms with Gasteiger partial charge in [0.2, 0.25) is 0 Å². The summed E-state index contributed by atoms with van der Waals surface area (Å²) < 4.78 is 7.24. The van der Waals surface area contributed by atoms with Gasteiger partial charge in [-0.1, -0.05) is 0 Å². The van der Waals surface area contributed by atoms with Crippen LogP contribution in [0.5, 0.6) is 0 Å². The van der Waals surface area contributed by atoms with Crippen molar-refractivity contribution >= 4 is 0 Å². The molecule has 0 amide bonds. The highest BCUT2D eigenvalue weighted by Crippen LogP contribution is 2.63. The van der Waals surface area contributed by atoms with Crippen molar-refractivity contribution in [2.24, 2.45) is 11.8 Å². The van der Waals surface area contributed by atoms with E-state index in [1.165, 1.54) is 30.2 Å². The predicted molar refractivity (Wildman–Crippen MR) is 53.8 cm³/mol. The summed E-state index contributed by atoms with van der Waals surface area (Å²) in [6.45, 7) is 0. The summed E-state index contributed by atoms with van der Waals surface area (Å²) in [4.78, 5) is 0. The topological polar surface area (TPSA) is 9.23 Å². The summed E-state index contributed by atoms with van der Waals surface area (Å²) in [5.41, 5.74) is 0. The highest BCUT2D eigenvalue weighted by molar-refractivity contribution is 5.09. The van der Waals surface area contributed by atoms with Gasteiger partial charge in [-0.05, 0) is 0 Å². The van der Waals surface area contributed by atoms with E-state index >= 15 is 0 Å². The van der Waals surface area contributed by atoms with Gasteiger partial charge in [-0.15, -0.1) is 0 Å². The van der Waals surface area contributed by atoms with E-state index in [1.54, 1.807) is 0 Å². The molecule has 4 saturated heterocycles. The summed E-state index contributed by atoms with van der Waals surface area (Å²) in [5.74, 6) is 1.82. The van der Waals surface area contributed by atoms with Gasteiger partial charge in [-0.3, -0.25) is 0 Å². The Morgan fingerprint density at radius 1 is 1.07 bits per heavy atom. The van der Waals surface area contributed by atoms with Crippen molar-refractivity contribution in [3.05, 3.63) is 0 Å². The molecule has 2 nitrogen and oxygen atoms in total. The molecule has 5 fully saturated rings. The highest BCUT2D eigenvalue weighted by atomic mass is 16.5. The van der Waals surface area contributed by atoms with E-state index in [9.17, 15) is 0 Å². The highest BCUT2D eigenvalue weighted by Gasteiger charge is 2.73. The Morgan fingerprint density at radius 3 is 2.14 bits per heavy atom. The number of quaternary nitrogens is 1. The lowest BCUT2D eigenvalue weighted by Gasteiger charge is -2.43. The first kappa shape index (κ1) is 8.12. The molecule has 2 heteroatoms. The molecule has 6 bridgehead atoms.